The summed E-state index contributed by atoms with van der Waals surface area (Å²) in [6, 6.07) is 17.2. The van der Waals surface area contributed by atoms with Crippen molar-refractivity contribution in [1.29, 1.82) is 0 Å². The largest absolute Gasteiger partial charge is 0.319 e. The fourth-order valence-corrected chi connectivity index (χ4v) is 3.56. The van der Waals surface area contributed by atoms with Gasteiger partial charge in [-0.2, -0.15) is 0 Å². The summed E-state index contributed by atoms with van der Waals surface area (Å²) in [7, 11) is 0. The lowest BCUT2D eigenvalue weighted by molar-refractivity contribution is 0.834. The Morgan fingerprint density at radius 1 is 0.840 bits per heavy atom. The lowest BCUT2D eigenvalue weighted by atomic mass is 10.2. The van der Waals surface area contributed by atoms with Gasteiger partial charge >= 0.3 is 0 Å². The van der Waals surface area contributed by atoms with Crippen molar-refractivity contribution in [1.82, 2.24) is 14.5 Å². The molecule has 25 heavy (non-hydrogen) atoms. The Morgan fingerprint density at radius 3 is 2.36 bits per heavy atom. The molecule has 0 N–H and O–H groups in total. The molecule has 0 bridgehead atoms. The Morgan fingerprint density at radius 2 is 1.60 bits per heavy atom. The number of fused-ring (bicyclic) bond motifs is 1. The van der Waals surface area contributed by atoms with Gasteiger partial charge in [-0.25, -0.2) is 9.97 Å². The van der Waals surface area contributed by atoms with Crippen LogP contribution in [0.4, 0.5) is 0 Å². The van der Waals surface area contributed by atoms with Crippen molar-refractivity contribution in [3.63, 3.8) is 0 Å². The zero-order chi connectivity index (χ0) is 17.4. The topological polar surface area (TPSA) is 30.7 Å². The molecule has 3 nitrogen and oxygen atoms in total. The molecule has 2 aromatic heterocycles. The third-order valence-electron chi connectivity index (χ3n) is 4.03. The predicted octanol–water partition coefficient (Wildman–Crippen LogP) is 6.11. The summed E-state index contributed by atoms with van der Waals surface area (Å²) < 4.78 is 2.06. The zero-order valence-electron chi connectivity index (χ0n) is 13.0. The third kappa shape index (κ3) is 2.99. The number of halogens is 3. The molecule has 0 saturated carbocycles. The van der Waals surface area contributed by atoms with Gasteiger partial charge in [-0.3, -0.25) is 0 Å². The van der Waals surface area contributed by atoms with Gasteiger partial charge in [-0.15, -0.1) is 0 Å². The van der Waals surface area contributed by atoms with Gasteiger partial charge in [0, 0.05) is 21.8 Å². The molecule has 0 amide bonds. The smallest absolute Gasteiger partial charge is 0.144 e. The fraction of sp³-hybridized carbons (Fsp3) is 0.0526. The third-order valence-corrected chi connectivity index (χ3v) is 5.04. The van der Waals surface area contributed by atoms with Crippen LogP contribution in [0.1, 0.15) is 5.56 Å². The van der Waals surface area contributed by atoms with E-state index in [0.29, 0.717) is 21.7 Å². The lowest BCUT2D eigenvalue weighted by Gasteiger charge is -2.12. The first-order chi connectivity index (χ1) is 12.1. The van der Waals surface area contributed by atoms with Crippen LogP contribution >= 0.6 is 34.8 Å². The highest BCUT2D eigenvalue weighted by molar-refractivity contribution is 6.36. The first kappa shape index (κ1) is 16.4. The molecule has 0 spiro atoms. The van der Waals surface area contributed by atoms with E-state index in [2.05, 4.69) is 9.55 Å². The van der Waals surface area contributed by atoms with E-state index in [-0.39, 0.29) is 0 Å². The number of nitrogens with zero attached hydrogens (tertiary/aromatic N) is 3. The van der Waals surface area contributed by atoms with E-state index >= 15 is 0 Å². The highest BCUT2D eigenvalue weighted by atomic mass is 35.5. The van der Waals surface area contributed by atoms with Crippen molar-refractivity contribution < 1.29 is 0 Å². The molecule has 0 aliphatic heterocycles. The maximum Gasteiger partial charge on any atom is 0.144 e. The summed E-state index contributed by atoms with van der Waals surface area (Å²) in [5.41, 5.74) is 3.47. The minimum absolute atomic E-state index is 0.407. The van der Waals surface area contributed by atoms with Crippen LogP contribution in [-0.4, -0.2) is 14.5 Å². The minimum Gasteiger partial charge on any atom is -0.319 e. The van der Waals surface area contributed by atoms with E-state index in [1.54, 1.807) is 6.20 Å². The average molecular weight is 389 g/mol. The van der Waals surface area contributed by atoms with E-state index in [4.69, 9.17) is 39.8 Å². The normalized spacial score (nSPS) is 11.2. The Bertz CT molecular complexity index is 1050. The number of imidazole rings is 1. The highest BCUT2D eigenvalue weighted by Crippen LogP contribution is 2.32. The summed E-state index contributed by atoms with van der Waals surface area (Å²) in [6.07, 6.45) is 1.66. The van der Waals surface area contributed by atoms with Gasteiger partial charge in [0.15, 0.2) is 0 Å². The van der Waals surface area contributed by atoms with E-state index in [1.807, 2.05) is 54.6 Å². The predicted molar refractivity (Wildman–Crippen MR) is 104 cm³/mol. The monoisotopic (exact) mass is 387 g/mol. The van der Waals surface area contributed by atoms with Crippen LogP contribution in [0.15, 0.2) is 60.8 Å². The number of para-hydroxylation sites is 2. The number of pyridine rings is 1. The second kappa shape index (κ2) is 6.68. The van der Waals surface area contributed by atoms with E-state index in [1.165, 1.54) is 0 Å². The number of aromatic nitrogens is 3. The van der Waals surface area contributed by atoms with Crippen LogP contribution in [-0.2, 0) is 6.54 Å². The van der Waals surface area contributed by atoms with Gasteiger partial charge in [0.2, 0.25) is 0 Å². The molecule has 0 atom stereocenters. The van der Waals surface area contributed by atoms with Gasteiger partial charge < -0.3 is 4.57 Å². The molecule has 0 saturated heterocycles. The van der Waals surface area contributed by atoms with Crippen LogP contribution in [0, 0.1) is 0 Å². The van der Waals surface area contributed by atoms with E-state index in [9.17, 15) is 0 Å². The summed E-state index contributed by atoms with van der Waals surface area (Å²) in [6.45, 7) is 0.486. The summed E-state index contributed by atoms with van der Waals surface area (Å²) in [4.78, 5) is 8.92. The number of hydrogen-bond acceptors (Lipinski definition) is 2. The van der Waals surface area contributed by atoms with Gasteiger partial charge in [0.1, 0.15) is 11.0 Å². The van der Waals surface area contributed by atoms with Crippen LogP contribution in [0.2, 0.25) is 15.2 Å². The maximum absolute atomic E-state index is 6.37. The van der Waals surface area contributed by atoms with Crippen molar-refractivity contribution in [2.24, 2.45) is 0 Å². The molecule has 2 aromatic carbocycles. The molecule has 0 aliphatic rings. The standard InChI is InChI=1S/C19H12Cl3N3/c20-14-6-3-7-15(21)13(14)11-25-17-9-2-1-8-16(17)24-19(25)12-5-4-10-23-18(12)22/h1-10H,11H2. The Balaban J connectivity index is 1.96. The highest BCUT2D eigenvalue weighted by Gasteiger charge is 2.17. The SMILES string of the molecule is Clc1cccc(Cl)c1Cn1c(-c2cccnc2Cl)nc2ccccc21. The van der Waals surface area contributed by atoms with Crippen molar-refractivity contribution in [2.75, 3.05) is 0 Å². The van der Waals surface area contributed by atoms with Crippen LogP contribution in [0.3, 0.4) is 0 Å². The van der Waals surface area contributed by atoms with Crippen LogP contribution in [0.25, 0.3) is 22.4 Å². The quantitative estimate of drug-likeness (QED) is 0.397. The van der Waals surface area contributed by atoms with Crippen LogP contribution in [0.5, 0.6) is 0 Å². The summed E-state index contributed by atoms with van der Waals surface area (Å²) >= 11 is 19.0. The molecule has 0 unspecified atom stereocenters. The molecule has 4 rings (SSSR count). The molecule has 124 valence electrons. The first-order valence-corrected chi connectivity index (χ1v) is 8.77. The minimum atomic E-state index is 0.407. The van der Waals surface area contributed by atoms with E-state index < -0.39 is 0 Å². The van der Waals surface area contributed by atoms with Gasteiger partial charge in [-0.05, 0) is 36.4 Å². The number of rotatable bonds is 3. The maximum atomic E-state index is 6.37. The van der Waals surface area contributed by atoms with Crippen LogP contribution < -0.4 is 0 Å². The molecule has 0 radical (unpaired) electrons. The second-order valence-electron chi connectivity index (χ2n) is 5.55. The van der Waals surface area contributed by atoms with Crippen molar-refractivity contribution >= 4 is 45.8 Å². The zero-order valence-corrected chi connectivity index (χ0v) is 15.2. The summed E-state index contributed by atoms with van der Waals surface area (Å²) in [5, 5.41) is 1.64. The molecule has 2 heterocycles. The second-order valence-corrected chi connectivity index (χ2v) is 6.72. The van der Waals surface area contributed by atoms with Gasteiger partial charge in [0.25, 0.3) is 0 Å². The van der Waals surface area contributed by atoms with Crippen molar-refractivity contribution in [3.8, 4) is 11.4 Å². The molecule has 4 aromatic rings. The Hall–Kier alpha value is -2.07. The number of benzene rings is 2. The molecule has 0 aliphatic carbocycles. The molecular formula is C19H12Cl3N3. The Kier molecular flexibility index (Phi) is 4.38. The first-order valence-electron chi connectivity index (χ1n) is 7.64. The Labute approximate surface area is 159 Å². The summed E-state index contributed by atoms with van der Waals surface area (Å²) in [5.74, 6) is 0.732. The fourth-order valence-electron chi connectivity index (χ4n) is 2.84. The van der Waals surface area contributed by atoms with Crippen molar-refractivity contribution in [3.05, 3.63) is 81.6 Å². The number of hydrogen-bond donors (Lipinski definition) is 0. The van der Waals surface area contributed by atoms with Crippen molar-refractivity contribution in [2.45, 2.75) is 6.54 Å². The molecule has 6 heteroatoms. The van der Waals surface area contributed by atoms with Gasteiger partial charge in [-0.1, -0.05) is 53.0 Å². The van der Waals surface area contributed by atoms with E-state index in [0.717, 1.165) is 28.0 Å². The average Bonchev–Trinajstić information content (AvgIpc) is 2.97. The lowest BCUT2D eigenvalue weighted by Crippen LogP contribution is -2.04. The molecule has 0 fully saturated rings. The molecular weight excluding hydrogens is 377 g/mol. The van der Waals surface area contributed by atoms with Gasteiger partial charge in [0.05, 0.1) is 23.1 Å².